The second-order valence-corrected chi connectivity index (χ2v) is 3.96. The normalized spacial score (nSPS) is 15.8. The molecule has 0 spiro atoms. The number of nitrogens with zero attached hydrogens (tertiary/aromatic N) is 2. The zero-order valence-corrected chi connectivity index (χ0v) is 9.18. The van der Waals surface area contributed by atoms with Gasteiger partial charge in [-0.05, 0) is 19.4 Å². The Morgan fingerprint density at radius 1 is 1.56 bits per heavy atom. The quantitative estimate of drug-likeness (QED) is 0.728. The molecule has 2 rings (SSSR count). The van der Waals surface area contributed by atoms with Gasteiger partial charge in [0, 0.05) is 19.3 Å². The summed E-state index contributed by atoms with van der Waals surface area (Å²) in [6, 6.07) is 1.55. The van der Waals surface area contributed by atoms with Gasteiger partial charge in [-0.25, -0.2) is 0 Å². The lowest BCUT2D eigenvalue weighted by atomic mass is 10.1. The fraction of sp³-hybridized carbons (Fsp3) is 0.333. The van der Waals surface area contributed by atoms with Gasteiger partial charge in [0.05, 0.1) is 11.8 Å². The molecule has 1 N–H and O–H groups in total. The van der Waals surface area contributed by atoms with Gasteiger partial charge in [0.2, 0.25) is 0 Å². The van der Waals surface area contributed by atoms with E-state index in [-0.39, 0.29) is 11.7 Å². The number of hydrogen-bond donors (Lipinski definition) is 1. The van der Waals surface area contributed by atoms with Gasteiger partial charge in [-0.2, -0.15) is 0 Å². The van der Waals surface area contributed by atoms with Crippen molar-refractivity contribution < 1.29 is 9.90 Å². The molecule has 16 heavy (non-hydrogen) atoms. The predicted octanol–water partition coefficient (Wildman–Crippen LogP) is 1.58. The number of pyridine rings is 1. The first kappa shape index (κ1) is 10.7. The Labute approximate surface area is 94.2 Å². The third kappa shape index (κ3) is 2.05. The molecule has 0 saturated heterocycles. The molecular weight excluding hydrogens is 204 g/mol. The first-order valence-electron chi connectivity index (χ1n) is 5.26. The maximum absolute atomic E-state index is 12.1. The van der Waals surface area contributed by atoms with Crippen molar-refractivity contribution in [1.29, 1.82) is 0 Å². The van der Waals surface area contributed by atoms with Crippen LogP contribution in [0.1, 0.15) is 23.7 Å². The van der Waals surface area contributed by atoms with Gasteiger partial charge in [-0.15, -0.1) is 0 Å². The van der Waals surface area contributed by atoms with Crippen LogP contribution in [0, 0.1) is 0 Å². The third-order valence-electron chi connectivity index (χ3n) is 2.65. The van der Waals surface area contributed by atoms with E-state index in [0.29, 0.717) is 18.7 Å². The van der Waals surface area contributed by atoms with Gasteiger partial charge < -0.3 is 10.0 Å². The van der Waals surface area contributed by atoms with E-state index in [9.17, 15) is 9.90 Å². The lowest BCUT2D eigenvalue weighted by Crippen LogP contribution is -2.35. The van der Waals surface area contributed by atoms with E-state index >= 15 is 0 Å². The summed E-state index contributed by atoms with van der Waals surface area (Å²) < 4.78 is 0. The van der Waals surface area contributed by atoms with Crippen LogP contribution in [0.25, 0.3) is 0 Å². The minimum atomic E-state index is -0.132. The number of carbonyl (C=O) groups is 1. The number of hydrogen-bond acceptors (Lipinski definition) is 3. The maximum atomic E-state index is 12.1. The Bertz CT molecular complexity index is 440. The summed E-state index contributed by atoms with van der Waals surface area (Å²) in [6.07, 6.45) is 5.82. The predicted molar refractivity (Wildman–Crippen MR) is 60.2 cm³/mol. The van der Waals surface area contributed by atoms with Gasteiger partial charge in [0.25, 0.3) is 5.91 Å². The third-order valence-corrected chi connectivity index (χ3v) is 2.65. The average Bonchev–Trinajstić information content (AvgIpc) is 2.29. The van der Waals surface area contributed by atoms with Crippen LogP contribution in [0.4, 0.5) is 0 Å². The minimum absolute atomic E-state index is 0.0558. The fourth-order valence-electron chi connectivity index (χ4n) is 1.82. The average molecular weight is 218 g/mol. The van der Waals surface area contributed by atoms with Crippen molar-refractivity contribution in [3.8, 4) is 5.75 Å². The van der Waals surface area contributed by atoms with Crippen LogP contribution in [-0.2, 0) is 0 Å². The highest BCUT2D eigenvalue weighted by Gasteiger charge is 2.20. The second kappa shape index (κ2) is 4.35. The van der Waals surface area contributed by atoms with Crippen LogP contribution in [-0.4, -0.2) is 34.0 Å². The zero-order valence-electron chi connectivity index (χ0n) is 9.18. The fourth-order valence-corrected chi connectivity index (χ4v) is 1.82. The van der Waals surface area contributed by atoms with Gasteiger partial charge >= 0.3 is 0 Å². The van der Waals surface area contributed by atoms with E-state index < -0.39 is 0 Å². The monoisotopic (exact) mass is 218 g/mol. The Morgan fingerprint density at radius 3 is 3.06 bits per heavy atom. The molecule has 0 radical (unpaired) electrons. The van der Waals surface area contributed by atoms with Crippen molar-refractivity contribution in [1.82, 2.24) is 9.88 Å². The molecule has 1 aromatic rings. The van der Waals surface area contributed by atoms with Gasteiger partial charge in [0.1, 0.15) is 5.75 Å². The molecule has 0 atom stereocenters. The SMILES string of the molecule is CC1=CCCN(C(=O)c2ccncc2O)C1. The van der Waals surface area contributed by atoms with Crippen molar-refractivity contribution in [2.75, 3.05) is 13.1 Å². The molecule has 0 aromatic carbocycles. The summed E-state index contributed by atoms with van der Waals surface area (Å²) >= 11 is 0. The number of carbonyl (C=O) groups excluding carboxylic acids is 1. The zero-order chi connectivity index (χ0) is 11.5. The van der Waals surface area contributed by atoms with Crippen LogP contribution in [0.2, 0.25) is 0 Å². The Balaban J connectivity index is 2.20. The molecule has 0 unspecified atom stereocenters. The van der Waals surface area contributed by atoms with E-state index in [4.69, 9.17) is 0 Å². The Kier molecular flexibility index (Phi) is 2.90. The van der Waals surface area contributed by atoms with E-state index in [2.05, 4.69) is 11.1 Å². The molecule has 4 heteroatoms. The molecule has 4 nitrogen and oxygen atoms in total. The highest BCUT2D eigenvalue weighted by Crippen LogP contribution is 2.19. The molecule has 0 saturated carbocycles. The Hall–Kier alpha value is -1.84. The molecule has 0 aliphatic carbocycles. The first-order valence-corrected chi connectivity index (χ1v) is 5.26. The minimum Gasteiger partial charge on any atom is -0.505 e. The number of rotatable bonds is 1. The van der Waals surface area contributed by atoms with Crippen molar-refractivity contribution in [2.45, 2.75) is 13.3 Å². The number of aromatic hydroxyl groups is 1. The lowest BCUT2D eigenvalue weighted by Gasteiger charge is -2.26. The number of amides is 1. The van der Waals surface area contributed by atoms with Crippen molar-refractivity contribution in [3.05, 3.63) is 35.7 Å². The highest BCUT2D eigenvalue weighted by atomic mass is 16.3. The molecular formula is C12H14N2O2. The molecule has 0 fully saturated rings. The topological polar surface area (TPSA) is 53.4 Å². The summed E-state index contributed by atoms with van der Waals surface area (Å²) in [6.45, 7) is 3.35. The summed E-state index contributed by atoms with van der Waals surface area (Å²) in [5.74, 6) is -0.188. The number of aromatic nitrogens is 1. The summed E-state index contributed by atoms with van der Waals surface area (Å²) in [5.41, 5.74) is 1.51. The van der Waals surface area contributed by atoms with E-state index in [1.54, 1.807) is 11.0 Å². The molecule has 1 aliphatic heterocycles. The van der Waals surface area contributed by atoms with Crippen LogP contribution in [0.5, 0.6) is 5.75 Å². The Morgan fingerprint density at radius 2 is 2.38 bits per heavy atom. The van der Waals surface area contributed by atoms with Crippen molar-refractivity contribution in [3.63, 3.8) is 0 Å². The largest absolute Gasteiger partial charge is 0.505 e. The molecule has 1 aliphatic rings. The van der Waals surface area contributed by atoms with Gasteiger partial charge in [0.15, 0.2) is 0 Å². The van der Waals surface area contributed by atoms with Crippen LogP contribution in [0.15, 0.2) is 30.1 Å². The molecule has 2 heterocycles. The molecule has 0 bridgehead atoms. The standard InChI is InChI=1S/C12H14N2O2/c1-9-3-2-6-14(8-9)12(16)10-4-5-13-7-11(10)15/h3-5,7,15H,2,6,8H2,1H3. The smallest absolute Gasteiger partial charge is 0.258 e. The van der Waals surface area contributed by atoms with Crippen molar-refractivity contribution >= 4 is 5.91 Å². The van der Waals surface area contributed by atoms with Crippen LogP contribution in [0.3, 0.4) is 0 Å². The first-order chi connectivity index (χ1) is 7.68. The molecule has 1 aromatic heterocycles. The summed E-state index contributed by atoms with van der Waals surface area (Å²) in [4.78, 5) is 17.6. The molecule has 1 amide bonds. The highest BCUT2D eigenvalue weighted by molar-refractivity contribution is 5.96. The van der Waals surface area contributed by atoms with Gasteiger partial charge in [-0.3, -0.25) is 9.78 Å². The second-order valence-electron chi connectivity index (χ2n) is 3.96. The van der Waals surface area contributed by atoms with E-state index in [0.717, 1.165) is 6.42 Å². The van der Waals surface area contributed by atoms with Gasteiger partial charge in [-0.1, -0.05) is 11.6 Å². The van der Waals surface area contributed by atoms with Crippen LogP contribution >= 0.6 is 0 Å². The van der Waals surface area contributed by atoms with Crippen molar-refractivity contribution in [2.24, 2.45) is 0 Å². The molecule has 84 valence electrons. The van der Waals surface area contributed by atoms with E-state index in [1.807, 2.05) is 6.92 Å². The maximum Gasteiger partial charge on any atom is 0.258 e. The lowest BCUT2D eigenvalue weighted by molar-refractivity contribution is 0.0763. The summed E-state index contributed by atoms with van der Waals surface area (Å²) in [5, 5.41) is 9.55. The van der Waals surface area contributed by atoms with Crippen LogP contribution < -0.4 is 0 Å². The summed E-state index contributed by atoms with van der Waals surface area (Å²) in [7, 11) is 0. The van der Waals surface area contributed by atoms with E-state index in [1.165, 1.54) is 18.0 Å².